The number of nitro groups is 1. The van der Waals surface area contributed by atoms with E-state index in [1.54, 1.807) is 24.7 Å². The Kier molecular flexibility index (Phi) is 3.65. The van der Waals surface area contributed by atoms with Gasteiger partial charge in [0.05, 0.1) is 22.9 Å². The van der Waals surface area contributed by atoms with Gasteiger partial charge >= 0.3 is 0 Å². The van der Waals surface area contributed by atoms with E-state index in [2.05, 4.69) is 4.98 Å². The fourth-order valence-corrected chi connectivity index (χ4v) is 2.53. The summed E-state index contributed by atoms with van der Waals surface area (Å²) in [6, 6.07) is 7.92. The van der Waals surface area contributed by atoms with Crippen molar-refractivity contribution in [3.05, 3.63) is 64.0 Å². The molecule has 0 fully saturated rings. The van der Waals surface area contributed by atoms with Crippen molar-refractivity contribution in [1.29, 1.82) is 0 Å². The van der Waals surface area contributed by atoms with Gasteiger partial charge in [0, 0.05) is 17.0 Å². The first-order valence-corrected chi connectivity index (χ1v) is 6.94. The third-order valence-electron chi connectivity index (χ3n) is 2.74. The second kappa shape index (κ2) is 5.76. The van der Waals surface area contributed by atoms with Crippen LogP contribution >= 0.6 is 11.3 Å². The summed E-state index contributed by atoms with van der Waals surface area (Å²) in [5.41, 5.74) is 1.69. The first-order valence-electron chi connectivity index (χ1n) is 6.06. The highest BCUT2D eigenvalue weighted by Gasteiger charge is 2.09. The quantitative estimate of drug-likeness (QED) is 0.527. The molecular formula is C14H10N2O4S. The Morgan fingerprint density at radius 3 is 3.05 bits per heavy atom. The first-order chi connectivity index (χ1) is 10.2. The number of non-ortho nitro benzene ring substituents is 1. The monoisotopic (exact) mass is 302 g/mol. The van der Waals surface area contributed by atoms with Crippen LogP contribution in [0.2, 0.25) is 0 Å². The maximum atomic E-state index is 10.7. The van der Waals surface area contributed by atoms with E-state index in [9.17, 15) is 10.1 Å². The Balaban J connectivity index is 1.68. The summed E-state index contributed by atoms with van der Waals surface area (Å²) in [6.45, 7) is 0.259. The van der Waals surface area contributed by atoms with E-state index in [-0.39, 0.29) is 12.3 Å². The van der Waals surface area contributed by atoms with Gasteiger partial charge in [-0.25, -0.2) is 4.98 Å². The topological polar surface area (TPSA) is 78.4 Å². The van der Waals surface area contributed by atoms with Gasteiger partial charge in [0.2, 0.25) is 0 Å². The standard InChI is InChI=1S/C14H10N2O4S/c17-16(18)12-2-1-3-13(6-12)20-8-11-9-21-14(15-11)10-4-5-19-7-10/h1-7,9H,8H2. The number of hydrogen-bond acceptors (Lipinski definition) is 6. The van der Waals surface area contributed by atoms with E-state index < -0.39 is 4.92 Å². The van der Waals surface area contributed by atoms with Gasteiger partial charge < -0.3 is 9.15 Å². The number of benzene rings is 1. The second-order valence-electron chi connectivity index (χ2n) is 4.20. The first kappa shape index (κ1) is 13.3. The van der Waals surface area contributed by atoms with Crippen molar-refractivity contribution in [3.63, 3.8) is 0 Å². The zero-order valence-electron chi connectivity index (χ0n) is 10.8. The maximum absolute atomic E-state index is 10.7. The third-order valence-corrected chi connectivity index (χ3v) is 3.68. The van der Waals surface area contributed by atoms with E-state index in [0.717, 1.165) is 16.3 Å². The van der Waals surface area contributed by atoms with Crippen LogP contribution in [0.4, 0.5) is 5.69 Å². The molecule has 0 saturated carbocycles. The summed E-state index contributed by atoms with van der Waals surface area (Å²) in [4.78, 5) is 14.7. The molecule has 0 aliphatic carbocycles. The van der Waals surface area contributed by atoms with Crippen LogP contribution in [0.5, 0.6) is 5.75 Å². The van der Waals surface area contributed by atoms with Crippen molar-refractivity contribution in [2.45, 2.75) is 6.61 Å². The normalized spacial score (nSPS) is 10.5. The molecule has 0 unspecified atom stereocenters. The smallest absolute Gasteiger partial charge is 0.273 e. The van der Waals surface area contributed by atoms with Crippen LogP contribution < -0.4 is 4.74 Å². The minimum atomic E-state index is -0.452. The van der Waals surface area contributed by atoms with Crippen LogP contribution in [0.25, 0.3) is 10.6 Å². The predicted molar refractivity (Wildman–Crippen MR) is 77.2 cm³/mol. The predicted octanol–water partition coefficient (Wildman–Crippen LogP) is 3.89. The summed E-state index contributed by atoms with van der Waals surface area (Å²) in [7, 11) is 0. The second-order valence-corrected chi connectivity index (χ2v) is 5.06. The molecule has 0 spiro atoms. The number of ether oxygens (including phenoxy) is 1. The number of nitrogens with zero attached hydrogens (tertiary/aromatic N) is 2. The van der Waals surface area contributed by atoms with E-state index in [4.69, 9.17) is 9.15 Å². The molecule has 0 amide bonds. The Hall–Kier alpha value is -2.67. The Bertz CT molecular complexity index is 752. The van der Waals surface area contributed by atoms with E-state index in [1.165, 1.54) is 23.5 Å². The van der Waals surface area contributed by atoms with Crippen molar-refractivity contribution in [3.8, 4) is 16.3 Å². The third kappa shape index (κ3) is 3.09. The number of rotatable bonds is 5. The molecule has 0 radical (unpaired) electrons. The molecule has 0 aliphatic heterocycles. The fraction of sp³-hybridized carbons (Fsp3) is 0.0714. The van der Waals surface area contributed by atoms with E-state index in [1.807, 2.05) is 11.4 Å². The molecule has 6 nitrogen and oxygen atoms in total. The van der Waals surface area contributed by atoms with Gasteiger partial charge in [-0.15, -0.1) is 11.3 Å². The summed E-state index contributed by atoms with van der Waals surface area (Å²) in [6.07, 6.45) is 3.22. The zero-order valence-corrected chi connectivity index (χ0v) is 11.6. The molecular weight excluding hydrogens is 292 g/mol. The number of nitro benzene ring substituents is 1. The summed E-state index contributed by atoms with van der Waals surface area (Å²) < 4.78 is 10.5. The molecule has 2 heterocycles. The molecule has 0 saturated heterocycles. The van der Waals surface area contributed by atoms with Crippen LogP contribution in [-0.2, 0) is 6.61 Å². The van der Waals surface area contributed by atoms with Crippen LogP contribution in [0, 0.1) is 10.1 Å². The Labute approximate surface area is 123 Å². The van der Waals surface area contributed by atoms with Gasteiger partial charge in [-0.3, -0.25) is 10.1 Å². The summed E-state index contributed by atoms with van der Waals surface area (Å²) in [5.74, 6) is 0.446. The van der Waals surface area contributed by atoms with Crippen molar-refractivity contribution < 1.29 is 14.1 Å². The molecule has 7 heteroatoms. The van der Waals surface area contributed by atoms with Gasteiger partial charge in [-0.1, -0.05) is 6.07 Å². The molecule has 0 aliphatic rings. The Morgan fingerprint density at radius 2 is 2.29 bits per heavy atom. The van der Waals surface area contributed by atoms with Gasteiger partial charge in [0.15, 0.2) is 0 Å². The van der Waals surface area contributed by atoms with Gasteiger partial charge in [0.1, 0.15) is 23.6 Å². The largest absolute Gasteiger partial charge is 0.487 e. The highest BCUT2D eigenvalue weighted by Crippen LogP contribution is 2.25. The Morgan fingerprint density at radius 1 is 1.38 bits per heavy atom. The molecule has 0 bridgehead atoms. The van der Waals surface area contributed by atoms with Crippen LogP contribution in [0.1, 0.15) is 5.69 Å². The highest BCUT2D eigenvalue weighted by atomic mass is 32.1. The SMILES string of the molecule is O=[N+]([O-])c1cccc(OCc2csc(-c3ccoc3)n2)c1. The van der Waals surface area contributed by atoms with Gasteiger partial charge in [-0.2, -0.15) is 0 Å². The van der Waals surface area contributed by atoms with E-state index >= 15 is 0 Å². The van der Waals surface area contributed by atoms with Crippen molar-refractivity contribution in [1.82, 2.24) is 4.98 Å². The van der Waals surface area contributed by atoms with E-state index in [0.29, 0.717) is 5.75 Å². The molecule has 106 valence electrons. The van der Waals surface area contributed by atoms with Crippen molar-refractivity contribution >= 4 is 17.0 Å². The summed E-state index contributed by atoms with van der Waals surface area (Å²) >= 11 is 1.49. The van der Waals surface area contributed by atoms with Crippen molar-refractivity contribution in [2.24, 2.45) is 0 Å². The molecule has 0 N–H and O–H groups in total. The molecule has 3 rings (SSSR count). The van der Waals surface area contributed by atoms with Gasteiger partial charge in [0.25, 0.3) is 5.69 Å². The lowest BCUT2D eigenvalue weighted by molar-refractivity contribution is -0.384. The number of thiazole rings is 1. The average molecular weight is 302 g/mol. The zero-order chi connectivity index (χ0) is 14.7. The lowest BCUT2D eigenvalue weighted by Gasteiger charge is -2.03. The fourth-order valence-electron chi connectivity index (χ4n) is 1.74. The minimum absolute atomic E-state index is 0.00450. The van der Waals surface area contributed by atoms with Crippen LogP contribution in [0.3, 0.4) is 0 Å². The van der Waals surface area contributed by atoms with Crippen LogP contribution in [0.15, 0.2) is 52.7 Å². The maximum Gasteiger partial charge on any atom is 0.273 e. The lowest BCUT2D eigenvalue weighted by atomic mass is 10.3. The van der Waals surface area contributed by atoms with Crippen LogP contribution in [-0.4, -0.2) is 9.91 Å². The molecule has 0 atom stereocenters. The molecule has 2 aromatic heterocycles. The van der Waals surface area contributed by atoms with Gasteiger partial charge in [-0.05, 0) is 12.1 Å². The molecule has 3 aromatic rings. The number of hydrogen-bond donors (Lipinski definition) is 0. The highest BCUT2D eigenvalue weighted by molar-refractivity contribution is 7.13. The number of aromatic nitrogens is 1. The summed E-state index contributed by atoms with van der Waals surface area (Å²) in [5, 5.41) is 13.4. The minimum Gasteiger partial charge on any atom is -0.487 e. The average Bonchev–Trinajstić information content (AvgIpc) is 3.16. The molecule has 1 aromatic carbocycles. The number of furan rings is 1. The van der Waals surface area contributed by atoms with Crippen molar-refractivity contribution in [2.75, 3.05) is 0 Å². The lowest BCUT2D eigenvalue weighted by Crippen LogP contribution is -1.96. The molecule has 21 heavy (non-hydrogen) atoms.